The third-order valence-corrected chi connectivity index (χ3v) is 8.53. The smallest absolute Gasteiger partial charge is 0.0153 e. The van der Waals surface area contributed by atoms with Gasteiger partial charge in [0.1, 0.15) is 0 Å². The van der Waals surface area contributed by atoms with E-state index in [1.54, 1.807) is 16.4 Å². The molecule has 0 aromatic heterocycles. The summed E-state index contributed by atoms with van der Waals surface area (Å²) in [7, 11) is 3.18. The standard InChI is InChI=1S/C25H39P/c1-18-17-22(19-11-5-2-6-12-19)23(20-13-7-3-8-14-20)24(25(18)26)21-15-9-4-10-16-21/h17,19-21H,2-16,26H2,1H3. The van der Waals surface area contributed by atoms with Gasteiger partial charge in [0.2, 0.25) is 0 Å². The predicted molar refractivity (Wildman–Crippen MR) is 118 cm³/mol. The van der Waals surface area contributed by atoms with Gasteiger partial charge in [0.05, 0.1) is 0 Å². The average Bonchev–Trinajstić information content (AvgIpc) is 2.71. The molecule has 3 aliphatic carbocycles. The molecule has 144 valence electrons. The third-order valence-electron chi connectivity index (χ3n) is 7.76. The van der Waals surface area contributed by atoms with Crippen molar-refractivity contribution in [2.75, 3.05) is 0 Å². The zero-order chi connectivity index (χ0) is 17.9. The maximum absolute atomic E-state index is 3.18. The molecule has 1 heteroatoms. The average molecular weight is 371 g/mol. The number of rotatable bonds is 3. The SMILES string of the molecule is Cc1cc(C2CCCCC2)c(C2CCCCC2)c(C2CCCCC2)c1P. The highest BCUT2D eigenvalue weighted by Crippen LogP contribution is 2.46. The topological polar surface area (TPSA) is 0 Å². The Morgan fingerprint density at radius 2 is 1.04 bits per heavy atom. The zero-order valence-corrected chi connectivity index (χ0v) is 18.1. The van der Waals surface area contributed by atoms with Crippen molar-refractivity contribution >= 4 is 14.5 Å². The second-order valence-electron chi connectivity index (χ2n) is 9.53. The van der Waals surface area contributed by atoms with Crippen LogP contribution in [-0.2, 0) is 0 Å². The van der Waals surface area contributed by atoms with Crippen LogP contribution in [0, 0.1) is 6.92 Å². The number of hydrogen-bond donors (Lipinski definition) is 0. The largest absolute Gasteiger partial charge is 0.105 e. The van der Waals surface area contributed by atoms with Crippen molar-refractivity contribution < 1.29 is 0 Å². The second kappa shape index (κ2) is 8.77. The summed E-state index contributed by atoms with van der Waals surface area (Å²) in [5, 5.41) is 1.58. The minimum atomic E-state index is 0.843. The Kier molecular flexibility index (Phi) is 6.40. The lowest BCUT2D eigenvalue weighted by molar-refractivity contribution is 0.405. The van der Waals surface area contributed by atoms with Gasteiger partial charge in [0.15, 0.2) is 0 Å². The van der Waals surface area contributed by atoms with E-state index in [-0.39, 0.29) is 0 Å². The van der Waals surface area contributed by atoms with Gasteiger partial charge in [-0.05, 0) is 90.8 Å². The first-order valence-electron chi connectivity index (χ1n) is 11.7. The molecule has 0 saturated heterocycles. The summed E-state index contributed by atoms with van der Waals surface area (Å²) >= 11 is 0. The number of hydrogen-bond acceptors (Lipinski definition) is 0. The summed E-state index contributed by atoms with van der Waals surface area (Å²) in [4.78, 5) is 0. The molecule has 0 spiro atoms. The fourth-order valence-corrected chi connectivity index (χ4v) is 6.81. The van der Waals surface area contributed by atoms with Gasteiger partial charge in [0.25, 0.3) is 0 Å². The Morgan fingerprint density at radius 3 is 1.54 bits per heavy atom. The first-order valence-corrected chi connectivity index (χ1v) is 12.3. The second-order valence-corrected chi connectivity index (χ2v) is 10.1. The van der Waals surface area contributed by atoms with Gasteiger partial charge < -0.3 is 0 Å². The maximum atomic E-state index is 3.18. The molecule has 26 heavy (non-hydrogen) atoms. The molecule has 1 unspecified atom stereocenters. The number of aryl methyl sites for hydroxylation is 1. The van der Waals surface area contributed by atoms with E-state index in [2.05, 4.69) is 22.2 Å². The van der Waals surface area contributed by atoms with Crippen LogP contribution in [0.25, 0.3) is 0 Å². The highest BCUT2D eigenvalue weighted by atomic mass is 31.0. The van der Waals surface area contributed by atoms with Crippen LogP contribution in [0.3, 0.4) is 0 Å². The predicted octanol–water partition coefficient (Wildman–Crippen LogP) is 7.64. The van der Waals surface area contributed by atoms with E-state index >= 15 is 0 Å². The molecule has 3 fully saturated rings. The summed E-state index contributed by atoms with van der Waals surface area (Å²) in [6.45, 7) is 2.38. The van der Waals surface area contributed by atoms with Crippen molar-refractivity contribution in [1.82, 2.24) is 0 Å². The van der Waals surface area contributed by atoms with E-state index in [0.717, 1.165) is 17.8 Å². The molecule has 3 aliphatic rings. The van der Waals surface area contributed by atoms with Crippen molar-refractivity contribution in [1.29, 1.82) is 0 Å². The lowest BCUT2D eigenvalue weighted by Crippen LogP contribution is -2.23. The summed E-state index contributed by atoms with van der Waals surface area (Å²) < 4.78 is 0. The van der Waals surface area contributed by atoms with Crippen molar-refractivity contribution in [2.45, 2.75) is 121 Å². The molecule has 0 nitrogen and oxygen atoms in total. The van der Waals surface area contributed by atoms with Crippen LogP contribution < -0.4 is 5.30 Å². The molecule has 0 heterocycles. The highest BCUT2D eigenvalue weighted by Gasteiger charge is 2.31. The first kappa shape index (κ1) is 19.0. The molecule has 0 radical (unpaired) electrons. The van der Waals surface area contributed by atoms with Gasteiger partial charge in [-0.1, -0.05) is 63.9 Å². The molecule has 1 atom stereocenters. The van der Waals surface area contributed by atoms with Gasteiger partial charge in [-0.25, -0.2) is 0 Å². The summed E-state index contributed by atoms with van der Waals surface area (Å²) in [5.74, 6) is 2.56. The third kappa shape index (κ3) is 3.92. The fourth-order valence-electron chi connectivity index (χ4n) is 6.33. The fraction of sp³-hybridized carbons (Fsp3) is 0.760. The molecular formula is C25H39P. The van der Waals surface area contributed by atoms with Crippen molar-refractivity contribution in [3.63, 3.8) is 0 Å². The molecule has 1 aromatic carbocycles. The molecule has 0 aliphatic heterocycles. The van der Waals surface area contributed by atoms with Crippen LogP contribution in [0.1, 0.15) is 136 Å². The summed E-state index contributed by atoms with van der Waals surface area (Å²) in [6.07, 6.45) is 21.8. The Bertz CT molecular complexity index is 599. The van der Waals surface area contributed by atoms with E-state index in [0.29, 0.717) is 0 Å². The van der Waals surface area contributed by atoms with Crippen molar-refractivity contribution in [3.8, 4) is 0 Å². The molecule has 3 saturated carbocycles. The number of benzene rings is 1. The van der Waals surface area contributed by atoms with Crippen LogP contribution in [0.2, 0.25) is 0 Å². The molecule has 0 bridgehead atoms. The Labute approximate surface area is 164 Å². The Morgan fingerprint density at radius 1 is 0.615 bits per heavy atom. The van der Waals surface area contributed by atoms with Crippen molar-refractivity contribution in [2.24, 2.45) is 0 Å². The lowest BCUT2D eigenvalue weighted by Gasteiger charge is -2.36. The minimum absolute atomic E-state index is 0.843. The summed E-state index contributed by atoms with van der Waals surface area (Å²) in [5.41, 5.74) is 7.05. The molecule has 1 aromatic rings. The molecule has 0 N–H and O–H groups in total. The minimum Gasteiger partial charge on any atom is -0.105 e. The van der Waals surface area contributed by atoms with Gasteiger partial charge in [0, 0.05) is 0 Å². The monoisotopic (exact) mass is 370 g/mol. The summed E-state index contributed by atoms with van der Waals surface area (Å²) in [6, 6.07) is 2.63. The lowest BCUT2D eigenvalue weighted by atomic mass is 9.70. The Hall–Kier alpha value is -0.350. The van der Waals surface area contributed by atoms with E-state index in [1.165, 1.54) is 96.3 Å². The van der Waals surface area contributed by atoms with Gasteiger partial charge in [-0.15, -0.1) is 9.24 Å². The van der Waals surface area contributed by atoms with Crippen LogP contribution in [-0.4, -0.2) is 0 Å². The van der Waals surface area contributed by atoms with Crippen LogP contribution in [0.5, 0.6) is 0 Å². The molecule has 0 amide bonds. The van der Waals surface area contributed by atoms with E-state index < -0.39 is 0 Å². The van der Waals surface area contributed by atoms with Crippen LogP contribution in [0.4, 0.5) is 0 Å². The van der Waals surface area contributed by atoms with Gasteiger partial charge in [-0.3, -0.25) is 0 Å². The molecular weight excluding hydrogens is 331 g/mol. The van der Waals surface area contributed by atoms with Crippen LogP contribution >= 0.6 is 9.24 Å². The maximum Gasteiger partial charge on any atom is -0.0153 e. The zero-order valence-electron chi connectivity index (χ0n) is 17.0. The quantitative estimate of drug-likeness (QED) is 0.480. The highest BCUT2D eigenvalue weighted by molar-refractivity contribution is 7.27. The Balaban J connectivity index is 1.82. The first-order chi connectivity index (χ1) is 12.8. The van der Waals surface area contributed by atoms with Gasteiger partial charge in [-0.2, -0.15) is 0 Å². The van der Waals surface area contributed by atoms with Gasteiger partial charge >= 0.3 is 0 Å². The van der Waals surface area contributed by atoms with E-state index in [1.807, 2.05) is 11.1 Å². The normalized spacial score (nSPS) is 24.1. The van der Waals surface area contributed by atoms with E-state index in [4.69, 9.17) is 0 Å². The van der Waals surface area contributed by atoms with Crippen molar-refractivity contribution in [3.05, 3.63) is 28.3 Å². The van der Waals surface area contributed by atoms with E-state index in [9.17, 15) is 0 Å². The van der Waals surface area contributed by atoms with Crippen LogP contribution in [0.15, 0.2) is 6.07 Å². The molecule has 4 rings (SSSR count).